The summed E-state index contributed by atoms with van der Waals surface area (Å²) in [5.74, 6) is -0.991. The fourth-order valence-corrected chi connectivity index (χ4v) is 2.56. The van der Waals surface area contributed by atoms with Crippen molar-refractivity contribution in [2.24, 2.45) is 5.41 Å². The zero-order valence-electron chi connectivity index (χ0n) is 9.42. The Morgan fingerprint density at radius 1 is 1.65 bits per heavy atom. The van der Waals surface area contributed by atoms with Crippen LogP contribution in [0.1, 0.15) is 29.4 Å². The van der Waals surface area contributed by atoms with E-state index < -0.39 is 11.4 Å². The van der Waals surface area contributed by atoms with Crippen LogP contribution in [0.15, 0.2) is 6.20 Å². The first-order valence-electron chi connectivity index (χ1n) is 5.39. The fraction of sp³-hybridized carbons (Fsp3) is 0.600. The minimum Gasteiger partial charge on any atom is -0.481 e. The number of hydrogen-bond donors (Lipinski definition) is 1. The van der Waals surface area contributed by atoms with Crippen molar-refractivity contribution in [1.29, 1.82) is 0 Å². The number of rotatable bonds is 3. The van der Waals surface area contributed by atoms with Gasteiger partial charge in [0.1, 0.15) is 4.88 Å². The van der Waals surface area contributed by atoms with E-state index in [1.807, 2.05) is 6.92 Å². The van der Waals surface area contributed by atoms with Gasteiger partial charge in [0.05, 0.1) is 11.6 Å². The van der Waals surface area contributed by atoms with E-state index in [0.29, 0.717) is 24.3 Å². The van der Waals surface area contributed by atoms with Gasteiger partial charge in [0.2, 0.25) is 0 Å². The topological polar surface area (TPSA) is 83.4 Å². The maximum Gasteiger partial charge on any atom is 0.311 e. The molecule has 2 rings (SSSR count). The van der Waals surface area contributed by atoms with Crippen molar-refractivity contribution in [3.05, 3.63) is 11.1 Å². The van der Waals surface area contributed by atoms with Gasteiger partial charge in [-0.2, -0.15) is 0 Å². The highest BCUT2D eigenvalue weighted by molar-refractivity contribution is 7.07. The number of aliphatic carboxylic acids is 1. The molecule has 92 valence electrons. The monoisotopic (exact) mass is 255 g/mol. The lowest BCUT2D eigenvalue weighted by Gasteiger charge is -2.22. The van der Waals surface area contributed by atoms with Crippen LogP contribution in [0, 0.1) is 5.41 Å². The maximum atomic E-state index is 12.0. The van der Waals surface area contributed by atoms with Crippen LogP contribution in [0.5, 0.6) is 0 Å². The van der Waals surface area contributed by atoms with Gasteiger partial charge in [-0.05, 0) is 24.4 Å². The van der Waals surface area contributed by atoms with Gasteiger partial charge in [0, 0.05) is 13.1 Å². The summed E-state index contributed by atoms with van der Waals surface area (Å²) in [6.45, 7) is 2.60. The molecule has 0 radical (unpaired) electrons. The lowest BCUT2D eigenvalue weighted by atomic mass is 9.84. The van der Waals surface area contributed by atoms with Crippen molar-refractivity contribution in [2.45, 2.75) is 19.8 Å². The Balaban J connectivity index is 2.12. The highest BCUT2D eigenvalue weighted by Crippen LogP contribution is 2.34. The van der Waals surface area contributed by atoms with E-state index in [9.17, 15) is 14.7 Å². The van der Waals surface area contributed by atoms with Crippen molar-refractivity contribution in [2.75, 3.05) is 13.1 Å². The van der Waals surface area contributed by atoms with Gasteiger partial charge in [0.15, 0.2) is 0 Å². The minimum atomic E-state index is -0.822. The normalized spacial score (nSPS) is 23.9. The molecule has 1 saturated heterocycles. The van der Waals surface area contributed by atoms with Gasteiger partial charge < -0.3 is 10.0 Å². The summed E-state index contributed by atoms with van der Waals surface area (Å²) in [4.78, 5) is 25.3. The van der Waals surface area contributed by atoms with Crippen LogP contribution in [-0.2, 0) is 4.79 Å². The summed E-state index contributed by atoms with van der Waals surface area (Å²) in [7, 11) is 0. The lowest BCUT2D eigenvalue weighted by Crippen LogP contribution is -2.36. The number of amides is 1. The van der Waals surface area contributed by atoms with E-state index in [-0.39, 0.29) is 12.5 Å². The van der Waals surface area contributed by atoms with Crippen molar-refractivity contribution < 1.29 is 14.7 Å². The summed E-state index contributed by atoms with van der Waals surface area (Å²) in [5, 5.41) is 12.8. The molecule has 0 aliphatic carbocycles. The van der Waals surface area contributed by atoms with Crippen LogP contribution >= 0.6 is 11.5 Å². The Morgan fingerprint density at radius 2 is 2.41 bits per heavy atom. The molecule has 1 N–H and O–H groups in total. The lowest BCUT2D eigenvalue weighted by molar-refractivity contribution is -0.148. The van der Waals surface area contributed by atoms with E-state index in [1.165, 1.54) is 6.20 Å². The van der Waals surface area contributed by atoms with Gasteiger partial charge in [-0.3, -0.25) is 9.59 Å². The molecule has 1 aliphatic rings. The van der Waals surface area contributed by atoms with Crippen molar-refractivity contribution in [1.82, 2.24) is 14.5 Å². The summed E-state index contributed by atoms with van der Waals surface area (Å²) >= 11 is 1.03. The first kappa shape index (κ1) is 12.0. The molecular weight excluding hydrogens is 242 g/mol. The average Bonchev–Trinajstić information content (AvgIpc) is 2.98. The Hall–Kier alpha value is -1.50. The Kier molecular flexibility index (Phi) is 3.10. The van der Waals surface area contributed by atoms with Gasteiger partial charge in [-0.15, -0.1) is 5.10 Å². The van der Waals surface area contributed by atoms with Crippen LogP contribution < -0.4 is 0 Å². The minimum absolute atomic E-state index is 0.170. The quantitative estimate of drug-likeness (QED) is 0.866. The largest absolute Gasteiger partial charge is 0.481 e. The van der Waals surface area contributed by atoms with Crippen LogP contribution in [-0.4, -0.2) is 44.6 Å². The second-order valence-corrected chi connectivity index (χ2v) is 4.98. The third-order valence-electron chi connectivity index (χ3n) is 3.34. The van der Waals surface area contributed by atoms with Crippen LogP contribution in [0.25, 0.3) is 0 Å². The molecule has 17 heavy (non-hydrogen) atoms. The fourth-order valence-electron chi connectivity index (χ4n) is 2.08. The van der Waals surface area contributed by atoms with Crippen molar-refractivity contribution in [3.63, 3.8) is 0 Å². The molecule has 1 aromatic heterocycles. The second kappa shape index (κ2) is 4.40. The Morgan fingerprint density at radius 3 is 2.88 bits per heavy atom. The number of carboxylic acid groups (broad SMARTS) is 1. The summed E-state index contributed by atoms with van der Waals surface area (Å²) in [5.41, 5.74) is -0.784. The summed E-state index contributed by atoms with van der Waals surface area (Å²) in [6.07, 6.45) is 2.46. The van der Waals surface area contributed by atoms with Crippen molar-refractivity contribution >= 4 is 23.4 Å². The molecular formula is C10H13N3O3S. The third-order valence-corrected chi connectivity index (χ3v) is 4.00. The number of nitrogens with zero attached hydrogens (tertiary/aromatic N) is 3. The molecule has 1 aromatic rings. The zero-order valence-corrected chi connectivity index (χ0v) is 10.2. The van der Waals surface area contributed by atoms with Gasteiger partial charge in [-0.1, -0.05) is 11.4 Å². The van der Waals surface area contributed by atoms with E-state index in [0.717, 1.165) is 11.5 Å². The molecule has 0 bridgehead atoms. The molecule has 0 aromatic carbocycles. The summed E-state index contributed by atoms with van der Waals surface area (Å²) < 4.78 is 3.63. The number of carbonyl (C=O) groups is 2. The number of hydrogen-bond acceptors (Lipinski definition) is 5. The van der Waals surface area contributed by atoms with E-state index in [2.05, 4.69) is 9.59 Å². The highest BCUT2D eigenvalue weighted by atomic mass is 32.1. The van der Waals surface area contributed by atoms with E-state index >= 15 is 0 Å². The molecule has 0 spiro atoms. The molecule has 1 atom stereocenters. The predicted octanol–water partition coefficient (Wildman–Crippen LogP) is 0.865. The van der Waals surface area contributed by atoms with E-state index in [1.54, 1.807) is 4.90 Å². The van der Waals surface area contributed by atoms with E-state index in [4.69, 9.17) is 0 Å². The third kappa shape index (κ3) is 2.02. The molecule has 0 saturated carbocycles. The molecule has 1 unspecified atom stereocenters. The summed E-state index contributed by atoms with van der Waals surface area (Å²) in [6, 6.07) is 0. The molecule has 1 amide bonds. The Labute approximate surface area is 102 Å². The highest BCUT2D eigenvalue weighted by Gasteiger charge is 2.45. The van der Waals surface area contributed by atoms with Crippen LogP contribution in [0.2, 0.25) is 0 Å². The zero-order chi connectivity index (χ0) is 12.5. The molecule has 7 heteroatoms. The SMILES string of the molecule is CCC1(C(=O)O)CCN(C(=O)c2cnns2)C1. The van der Waals surface area contributed by atoms with Gasteiger partial charge in [0.25, 0.3) is 5.91 Å². The average molecular weight is 255 g/mol. The van der Waals surface area contributed by atoms with Gasteiger partial charge in [-0.25, -0.2) is 0 Å². The number of carboxylic acids is 1. The number of likely N-dealkylation sites (tertiary alicyclic amines) is 1. The Bertz CT molecular complexity index is 434. The second-order valence-electron chi connectivity index (χ2n) is 4.20. The smallest absolute Gasteiger partial charge is 0.311 e. The predicted molar refractivity (Wildman–Crippen MR) is 60.8 cm³/mol. The van der Waals surface area contributed by atoms with Crippen LogP contribution in [0.3, 0.4) is 0 Å². The molecule has 6 nitrogen and oxygen atoms in total. The van der Waals surface area contributed by atoms with Gasteiger partial charge >= 0.3 is 5.97 Å². The standard InChI is InChI=1S/C10H13N3O3S/c1-2-10(9(15)16)3-4-13(6-10)8(14)7-5-11-12-17-7/h5H,2-4,6H2,1H3,(H,15,16). The molecule has 2 heterocycles. The number of carbonyl (C=O) groups excluding carboxylic acids is 1. The molecule has 1 aliphatic heterocycles. The van der Waals surface area contributed by atoms with Crippen LogP contribution in [0.4, 0.5) is 0 Å². The number of aromatic nitrogens is 2. The first-order chi connectivity index (χ1) is 8.09. The van der Waals surface area contributed by atoms with Crippen molar-refractivity contribution in [3.8, 4) is 0 Å². The molecule has 1 fully saturated rings. The first-order valence-corrected chi connectivity index (χ1v) is 6.16. The maximum absolute atomic E-state index is 12.0.